The summed E-state index contributed by atoms with van der Waals surface area (Å²) >= 11 is 3.40. The fourth-order valence-electron chi connectivity index (χ4n) is 1.87. The summed E-state index contributed by atoms with van der Waals surface area (Å²) in [6, 6.07) is 4.23. The van der Waals surface area contributed by atoms with Crippen molar-refractivity contribution in [2.75, 3.05) is 13.7 Å². The Morgan fingerprint density at radius 3 is 2.89 bits per heavy atom. The number of halogens is 2. The van der Waals surface area contributed by atoms with Gasteiger partial charge in [-0.25, -0.2) is 4.39 Å². The maximum Gasteiger partial charge on any atom is 0.258 e. The number of ether oxygens (including phenoxy) is 1. The lowest BCUT2D eigenvalue weighted by Crippen LogP contribution is -2.20. The van der Waals surface area contributed by atoms with Gasteiger partial charge in [-0.15, -0.1) is 0 Å². The molecule has 0 bridgehead atoms. The van der Waals surface area contributed by atoms with Gasteiger partial charge in [0.25, 0.3) is 5.56 Å². The Bertz CT molecular complexity index is 624. The van der Waals surface area contributed by atoms with E-state index in [2.05, 4.69) is 15.9 Å². The van der Waals surface area contributed by atoms with E-state index < -0.39 is 5.82 Å². The van der Waals surface area contributed by atoms with Gasteiger partial charge in [-0.1, -0.05) is 6.07 Å². The van der Waals surface area contributed by atoms with Gasteiger partial charge in [0.1, 0.15) is 5.82 Å². The van der Waals surface area contributed by atoms with Crippen molar-refractivity contribution >= 4 is 26.7 Å². The molecule has 0 aliphatic heterocycles. The predicted octanol–water partition coefficient (Wildman–Crippen LogP) is 2.94. The second kappa shape index (κ2) is 5.63. The van der Waals surface area contributed by atoms with Gasteiger partial charge in [0.05, 0.1) is 5.39 Å². The summed E-state index contributed by atoms with van der Waals surface area (Å²) in [6.07, 6.45) is 2.47. The number of pyridine rings is 1. The lowest BCUT2D eigenvalue weighted by Gasteiger charge is -2.09. The Labute approximate surface area is 112 Å². The van der Waals surface area contributed by atoms with Crippen LogP contribution in [0.25, 0.3) is 10.8 Å². The summed E-state index contributed by atoms with van der Waals surface area (Å²) in [5, 5.41) is 1.12. The van der Waals surface area contributed by atoms with E-state index in [4.69, 9.17) is 4.74 Å². The van der Waals surface area contributed by atoms with Crippen LogP contribution >= 0.6 is 15.9 Å². The first-order valence-electron chi connectivity index (χ1n) is 5.60. The molecule has 0 saturated carbocycles. The Balaban J connectivity index is 2.50. The van der Waals surface area contributed by atoms with Crippen molar-refractivity contribution in [3.63, 3.8) is 0 Å². The topological polar surface area (TPSA) is 31.2 Å². The molecule has 3 nitrogen and oxygen atoms in total. The number of rotatable bonds is 4. The van der Waals surface area contributed by atoms with Gasteiger partial charge in [0, 0.05) is 36.3 Å². The van der Waals surface area contributed by atoms with E-state index in [0.29, 0.717) is 18.5 Å². The number of benzene rings is 1. The molecule has 0 N–H and O–H groups in total. The monoisotopic (exact) mass is 313 g/mol. The van der Waals surface area contributed by atoms with Crippen molar-refractivity contribution in [1.82, 2.24) is 4.57 Å². The minimum atomic E-state index is -0.402. The van der Waals surface area contributed by atoms with Crippen LogP contribution in [0, 0.1) is 5.82 Å². The molecule has 0 aliphatic rings. The quantitative estimate of drug-likeness (QED) is 0.813. The SMILES string of the molecule is COCCCn1cc(Br)c2ccc(F)cc2c1=O. The molecule has 0 unspecified atom stereocenters. The number of fused-ring (bicyclic) bond motifs is 1. The van der Waals surface area contributed by atoms with Crippen molar-refractivity contribution in [2.24, 2.45) is 0 Å². The first-order chi connectivity index (χ1) is 8.63. The summed E-state index contributed by atoms with van der Waals surface area (Å²) in [5.74, 6) is -0.402. The second-order valence-electron chi connectivity index (χ2n) is 4.01. The largest absolute Gasteiger partial charge is 0.385 e. The average molecular weight is 314 g/mol. The molecular weight excluding hydrogens is 301 g/mol. The van der Waals surface area contributed by atoms with E-state index >= 15 is 0 Å². The number of aryl methyl sites for hydroxylation is 1. The van der Waals surface area contributed by atoms with E-state index in [9.17, 15) is 9.18 Å². The normalized spacial score (nSPS) is 11.1. The summed E-state index contributed by atoms with van der Waals surface area (Å²) in [4.78, 5) is 12.2. The van der Waals surface area contributed by atoms with Crippen LogP contribution in [0.2, 0.25) is 0 Å². The Morgan fingerprint density at radius 1 is 1.39 bits per heavy atom. The third-order valence-corrected chi connectivity index (χ3v) is 3.38. The zero-order valence-electron chi connectivity index (χ0n) is 9.95. The fourth-order valence-corrected chi connectivity index (χ4v) is 2.46. The highest BCUT2D eigenvalue weighted by atomic mass is 79.9. The molecule has 0 fully saturated rings. The van der Waals surface area contributed by atoms with Gasteiger partial charge < -0.3 is 9.30 Å². The highest BCUT2D eigenvalue weighted by Gasteiger charge is 2.08. The third kappa shape index (κ3) is 2.62. The lowest BCUT2D eigenvalue weighted by atomic mass is 10.1. The predicted molar refractivity (Wildman–Crippen MR) is 72.4 cm³/mol. The Hall–Kier alpha value is -1.20. The number of nitrogens with zero attached hydrogens (tertiary/aromatic N) is 1. The van der Waals surface area contributed by atoms with Gasteiger partial charge in [0.2, 0.25) is 0 Å². The van der Waals surface area contributed by atoms with E-state index in [1.807, 2.05) is 0 Å². The van der Waals surface area contributed by atoms with Crippen molar-refractivity contribution in [3.8, 4) is 0 Å². The molecule has 96 valence electrons. The van der Waals surface area contributed by atoms with Crippen LogP contribution in [0.4, 0.5) is 4.39 Å². The van der Waals surface area contributed by atoms with Gasteiger partial charge in [0.15, 0.2) is 0 Å². The molecule has 1 aromatic carbocycles. The molecule has 1 aromatic heterocycles. The number of hydrogen-bond donors (Lipinski definition) is 0. The molecule has 5 heteroatoms. The summed E-state index contributed by atoms with van der Waals surface area (Å²) in [6.45, 7) is 1.14. The fraction of sp³-hybridized carbons (Fsp3) is 0.308. The molecule has 1 heterocycles. The van der Waals surface area contributed by atoms with Crippen molar-refractivity contribution < 1.29 is 9.13 Å². The first-order valence-corrected chi connectivity index (χ1v) is 6.40. The van der Waals surface area contributed by atoms with Crippen LogP contribution in [0.5, 0.6) is 0 Å². The molecule has 0 saturated heterocycles. The maximum absolute atomic E-state index is 13.2. The number of methoxy groups -OCH3 is 1. The van der Waals surface area contributed by atoms with Crippen molar-refractivity contribution in [3.05, 3.63) is 45.0 Å². The van der Waals surface area contributed by atoms with Gasteiger partial charge in [-0.3, -0.25) is 4.79 Å². The molecule has 18 heavy (non-hydrogen) atoms. The zero-order valence-corrected chi connectivity index (χ0v) is 11.5. The van der Waals surface area contributed by atoms with E-state index in [1.54, 1.807) is 23.9 Å². The molecule has 0 amide bonds. The molecule has 2 rings (SSSR count). The minimum absolute atomic E-state index is 0.177. The maximum atomic E-state index is 13.2. The molecule has 0 radical (unpaired) electrons. The number of aromatic nitrogens is 1. The van der Waals surface area contributed by atoms with Crippen LogP contribution < -0.4 is 5.56 Å². The van der Waals surface area contributed by atoms with Gasteiger partial charge in [-0.2, -0.15) is 0 Å². The molecular formula is C13H13BrFNO2. The standard InChI is InChI=1S/C13H13BrFNO2/c1-18-6-2-5-16-8-12(14)10-4-3-9(15)7-11(10)13(16)17/h3-4,7-8H,2,5-6H2,1H3. The van der Waals surface area contributed by atoms with Gasteiger partial charge in [-0.05, 0) is 34.5 Å². The Kier molecular flexibility index (Phi) is 4.14. The zero-order chi connectivity index (χ0) is 13.1. The smallest absolute Gasteiger partial charge is 0.258 e. The van der Waals surface area contributed by atoms with Crippen molar-refractivity contribution in [1.29, 1.82) is 0 Å². The Morgan fingerprint density at radius 2 is 2.17 bits per heavy atom. The van der Waals surface area contributed by atoms with Crippen LogP contribution in [0.3, 0.4) is 0 Å². The summed E-state index contributed by atoms with van der Waals surface area (Å²) in [5.41, 5.74) is -0.177. The van der Waals surface area contributed by atoms with Crippen LogP contribution in [-0.2, 0) is 11.3 Å². The molecule has 0 aliphatic carbocycles. The third-order valence-electron chi connectivity index (χ3n) is 2.75. The highest BCUT2D eigenvalue weighted by molar-refractivity contribution is 9.10. The first kappa shape index (κ1) is 13.2. The summed E-state index contributed by atoms with van der Waals surface area (Å²) < 4.78 is 20.5. The van der Waals surface area contributed by atoms with Crippen LogP contribution in [-0.4, -0.2) is 18.3 Å². The number of hydrogen-bond acceptors (Lipinski definition) is 2. The van der Waals surface area contributed by atoms with Crippen LogP contribution in [0.1, 0.15) is 6.42 Å². The van der Waals surface area contributed by atoms with Crippen LogP contribution in [0.15, 0.2) is 33.7 Å². The molecule has 0 atom stereocenters. The average Bonchev–Trinajstić information content (AvgIpc) is 2.35. The van der Waals surface area contributed by atoms with E-state index in [-0.39, 0.29) is 5.56 Å². The van der Waals surface area contributed by atoms with E-state index in [1.165, 1.54) is 12.1 Å². The second-order valence-corrected chi connectivity index (χ2v) is 4.87. The molecule has 0 spiro atoms. The molecule has 2 aromatic rings. The highest BCUT2D eigenvalue weighted by Crippen LogP contribution is 2.21. The minimum Gasteiger partial charge on any atom is -0.385 e. The van der Waals surface area contributed by atoms with Gasteiger partial charge >= 0.3 is 0 Å². The van der Waals surface area contributed by atoms with Crippen molar-refractivity contribution in [2.45, 2.75) is 13.0 Å². The summed E-state index contributed by atoms with van der Waals surface area (Å²) in [7, 11) is 1.62. The lowest BCUT2D eigenvalue weighted by molar-refractivity contribution is 0.190. The van der Waals surface area contributed by atoms with E-state index in [0.717, 1.165) is 16.3 Å².